The van der Waals surface area contributed by atoms with Gasteiger partial charge in [-0.1, -0.05) is 0 Å². The van der Waals surface area contributed by atoms with Gasteiger partial charge >= 0.3 is 0 Å². The minimum absolute atomic E-state index is 0.441. The van der Waals surface area contributed by atoms with Crippen LogP contribution in [0.1, 0.15) is 25.7 Å². The van der Waals surface area contributed by atoms with Crippen LogP contribution >= 0.6 is 0 Å². The summed E-state index contributed by atoms with van der Waals surface area (Å²) >= 11 is 0. The van der Waals surface area contributed by atoms with Crippen LogP contribution in [0, 0.1) is 0 Å². The fraction of sp³-hybridized carbons (Fsp3) is 0.400. The maximum Gasteiger partial charge on any atom is 0.241 e. The molecule has 1 aliphatic carbocycles. The minimum Gasteiger partial charge on any atom is -0.350 e. The molecule has 0 aromatic carbocycles. The van der Waals surface area contributed by atoms with Crippen LogP contribution in [0.25, 0.3) is 22.4 Å². The first-order valence-corrected chi connectivity index (χ1v) is 9.74. The van der Waals surface area contributed by atoms with Crippen molar-refractivity contribution in [3.63, 3.8) is 0 Å². The molecule has 8 nitrogen and oxygen atoms in total. The zero-order valence-corrected chi connectivity index (χ0v) is 16.2. The summed E-state index contributed by atoms with van der Waals surface area (Å²) in [6.07, 6.45) is 16.1. The predicted molar refractivity (Wildman–Crippen MR) is 108 cm³/mol. The molecule has 0 amide bonds. The van der Waals surface area contributed by atoms with Crippen molar-refractivity contribution < 1.29 is 0 Å². The second-order valence-corrected chi connectivity index (χ2v) is 7.73. The first kappa shape index (κ1) is 17.1. The highest BCUT2D eigenvalue weighted by Gasteiger charge is 2.23. The highest BCUT2D eigenvalue weighted by Crippen LogP contribution is 2.26. The van der Waals surface area contributed by atoms with Gasteiger partial charge in [0.2, 0.25) is 11.7 Å². The largest absolute Gasteiger partial charge is 0.350 e. The molecular weight excluding hydrogens is 352 g/mol. The lowest BCUT2D eigenvalue weighted by Crippen LogP contribution is -2.36. The van der Waals surface area contributed by atoms with E-state index in [-0.39, 0.29) is 0 Å². The third-order valence-electron chi connectivity index (χ3n) is 5.73. The molecule has 28 heavy (non-hydrogen) atoms. The maximum atomic E-state index is 4.67. The summed E-state index contributed by atoms with van der Waals surface area (Å²) in [6.45, 7) is 0. The Labute approximate surface area is 163 Å². The quantitative estimate of drug-likeness (QED) is 0.590. The maximum absolute atomic E-state index is 4.67. The highest BCUT2D eigenvalue weighted by atomic mass is 15.3. The molecule has 4 aromatic rings. The number of rotatable bonds is 4. The Morgan fingerprint density at radius 3 is 2.71 bits per heavy atom. The van der Waals surface area contributed by atoms with E-state index in [4.69, 9.17) is 0 Å². The van der Waals surface area contributed by atoms with Crippen LogP contribution in [0.4, 0.5) is 5.95 Å². The standard InChI is InChI=1S/C20H24N8/c1-26(2)16-5-3-15(4-6-16)24-19-22-12-18-17(7-9-28(18)25-19)14-11-23-20-21-8-10-27(20)13-14/h7-13,15-16H,3-6H2,1-2H3,(H,24,25). The Morgan fingerprint density at radius 2 is 1.89 bits per heavy atom. The molecule has 1 aliphatic rings. The lowest BCUT2D eigenvalue weighted by Gasteiger charge is -2.32. The zero-order chi connectivity index (χ0) is 19.1. The average Bonchev–Trinajstić information content (AvgIpc) is 3.34. The highest BCUT2D eigenvalue weighted by molar-refractivity contribution is 5.79. The van der Waals surface area contributed by atoms with Crippen molar-refractivity contribution in [2.45, 2.75) is 37.8 Å². The number of nitrogens with zero attached hydrogens (tertiary/aromatic N) is 7. The molecule has 0 aliphatic heterocycles. The summed E-state index contributed by atoms with van der Waals surface area (Å²) in [5.74, 6) is 1.38. The topological polar surface area (TPSA) is 75.6 Å². The van der Waals surface area contributed by atoms with Crippen LogP contribution in [0.2, 0.25) is 0 Å². The van der Waals surface area contributed by atoms with Crippen molar-refractivity contribution in [1.29, 1.82) is 0 Å². The number of aromatic nitrogens is 6. The summed E-state index contributed by atoms with van der Waals surface area (Å²) in [4.78, 5) is 15.5. The number of nitrogens with one attached hydrogen (secondary N) is 1. The summed E-state index contributed by atoms with van der Waals surface area (Å²) in [6, 6.07) is 3.18. The van der Waals surface area contributed by atoms with E-state index in [0.717, 1.165) is 29.5 Å². The van der Waals surface area contributed by atoms with Gasteiger partial charge in [0, 0.05) is 54.2 Å². The predicted octanol–water partition coefficient (Wildman–Crippen LogP) is 2.72. The second kappa shape index (κ2) is 6.87. The number of imidazole rings is 1. The lowest BCUT2D eigenvalue weighted by atomic mass is 9.91. The number of hydrogen-bond acceptors (Lipinski definition) is 6. The van der Waals surface area contributed by atoms with Crippen molar-refractivity contribution in [2.24, 2.45) is 0 Å². The van der Waals surface area contributed by atoms with E-state index in [2.05, 4.69) is 50.4 Å². The molecule has 0 radical (unpaired) electrons. The normalized spacial score (nSPS) is 20.2. The van der Waals surface area contributed by atoms with Gasteiger partial charge in [-0.15, -0.1) is 5.10 Å². The van der Waals surface area contributed by atoms with Crippen LogP contribution in [0.3, 0.4) is 0 Å². The molecule has 4 aromatic heterocycles. The van der Waals surface area contributed by atoms with Crippen molar-refractivity contribution in [3.8, 4) is 11.1 Å². The Kier molecular flexibility index (Phi) is 4.20. The molecule has 1 fully saturated rings. The molecule has 0 spiro atoms. The smallest absolute Gasteiger partial charge is 0.241 e. The van der Waals surface area contributed by atoms with Gasteiger partial charge in [0.05, 0.1) is 11.7 Å². The minimum atomic E-state index is 0.441. The van der Waals surface area contributed by atoms with E-state index in [1.165, 1.54) is 12.8 Å². The monoisotopic (exact) mass is 376 g/mol. The van der Waals surface area contributed by atoms with E-state index in [9.17, 15) is 0 Å². The Bertz CT molecular complexity index is 1100. The summed E-state index contributed by atoms with van der Waals surface area (Å²) < 4.78 is 3.80. The first-order valence-electron chi connectivity index (χ1n) is 9.74. The van der Waals surface area contributed by atoms with Crippen molar-refractivity contribution in [3.05, 3.63) is 43.2 Å². The van der Waals surface area contributed by atoms with Gasteiger partial charge < -0.3 is 10.2 Å². The summed E-state index contributed by atoms with van der Waals surface area (Å²) in [5.41, 5.74) is 3.03. The SMILES string of the molecule is CN(C)C1CCC(Nc2ncc3c(-c4cnc5nccn5c4)ccn3n2)CC1. The van der Waals surface area contributed by atoms with Gasteiger partial charge in [-0.25, -0.2) is 19.5 Å². The molecule has 0 bridgehead atoms. The van der Waals surface area contributed by atoms with Crippen molar-refractivity contribution in [1.82, 2.24) is 33.9 Å². The molecule has 4 heterocycles. The molecule has 144 valence electrons. The molecular formula is C20H24N8. The molecule has 1 N–H and O–H groups in total. The third-order valence-corrected chi connectivity index (χ3v) is 5.73. The number of anilines is 1. The van der Waals surface area contributed by atoms with Gasteiger partial charge in [0.25, 0.3) is 0 Å². The second-order valence-electron chi connectivity index (χ2n) is 7.73. The van der Waals surface area contributed by atoms with Crippen LogP contribution in [0.15, 0.2) is 43.2 Å². The van der Waals surface area contributed by atoms with Gasteiger partial charge in [0.1, 0.15) is 0 Å². The summed E-state index contributed by atoms with van der Waals surface area (Å²) in [5, 5.41) is 8.18. The zero-order valence-electron chi connectivity index (χ0n) is 16.2. The van der Waals surface area contributed by atoms with Gasteiger partial charge in [-0.3, -0.25) is 4.40 Å². The summed E-state index contributed by atoms with van der Waals surface area (Å²) in [7, 11) is 4.33. The third kappa shape index (κ3) is 3.09. The van der Waals surface area contributed by atoms with E-state index in [1.54, 1.807) is 6.20 Å². The first-order chi connectivity index (χ1) is 13.7. The van der Waals surface area contributed by atoms with Crippen molar-refractivity contribution in [2.75, 3.05) is 19.4 Å². The average molecular weight is 376 g/mol. The fourth-order valence-corrected chi connectivity index (χ4v) is 4.09. The lowest BCUT2D eigenvalue weighted by molar-refractivity contribution is 0.221. The number of fused-ring (bicyclic) bond motifs is 2. The molecule has 5 rings (SSSR count). The van der Waals surface area contributed by atoms with Crippen LogP contribution < -0.4 is 5.32 Å². The van der Waals surface area contributed by atoms with E-state index in [1.807, 2.05) is 39.9 Å². The Hall–Kier alpha value is -3.00. The molecule has 1 saturated carbocycles. The van der Waals surface area contributed by atoms with Crippen LogP contribution in [-0.4, -0.2) is 60.0 Å². The number of hydrogen-bond donors (Lipinski definition) is 1. The van der Waals surface area contributed by atoms with Gasteiger partial charge in [0.15, 0.2) is 0 Å². The molecule has 8 heteroatoms. The fourth-order valence-electron chi connectivity index (χ4n) is 4.09. The molecule has 0 unspecified atom stereocenters. The molecule has 0 saturated heterocycles. The van der Waals surface area contributed by atoms with Crippen LogP contribution in [0.5, 0.6) is 0 Å². The van der Waals surface area contributed by atoms with Crippen molar-refractivity contribution >= 4 is 17.2 Å². The molecule has 0 atom stereocenters. The van der Waals surface area contributed by atoms with E-state index in [0.29, 0.717) is 23.8 Å². The van der Waals surface area contributed by atoms with E-state index >= 15 is 0 Å². The van der Waals surface area contributed by atoms with Crippen LogP contribution in [-0.2, 0) is 0 Å². The van der Waals surface area contributed by atoms with Gasteiger partial charge in [-0.05, 0) is 45.8 Å². The Morgan fingerprint density at radius 1 is 1.04 bits per heavy atom. The van der Waals surface area contributed by atoms with Gasteiger partial charge in [-0.2, -0.15) is 0 Å². The van der Waals surface area contributed by atoms with E-state index < -0.39 is 0 Å². The Balaban J connectivity index is 1.36.